The summed E-state index contributed by atoms with van der Waals surface area (Å²) < 4.78 is 11.2. The minimum atomic E-state index is -0.821. The Labute approximate surface area is 156 Å². The van der Waals surface area contributed by atoms with Gasteiger partial charge in [0.15, 0.2) is 6.10 Å². The van der Waals surface area contributed by atoms with E-state index in [0.717, 1.165) is 25.0 Å². The smallest absolute Gasteiger partial charge is 0.328 e. The number of thioether (sulfide) groups is 1. The largest absolute Gasteiger partial charge is 1.00 e. The number of nitrogens with zero attached hydrogens (tertiary/aromatic N) is 1. The van der Waals surface area contributed by atoms with Gasteiger partial charge in [-0.3, -0.25) is 10.6 Å². The van der Waals surface area contributed by atoms with E-state index >= 15 is 0 Å². The summed E-state index contributed by atoms with van der Waals surface area (Å²) in [4.78, 5) is 27.6. The van der Waals surface area contributed by atoms with Crippen LogP contribution in [-0.4, -0.2) is 65.7 Å². The SMILES string of the molecule is CCCC[C@@H]1N[C@H](C(=O)[NH2+][C@H]2CO[C@H]3[C@@H]2OC[C@@H]3O[N+](=O)[O-])CS1.[Cl-]. The van der Waals surface area contributed by atoms with Crippen LogP contribution in [0.2, 0.25) is 0 Å². The highest BCUT2D eigenvalue weighted by atomic mass is 35.5. The van der Waals surface area contributed by atoms with E-state index in [9.17, 15) is 14.9 Å². The number of halogens is 1. The molecule has 3 saturated heterocycles. The van der Waals surface area contributed by atoms with Gasteiger partial charge in [0.25, 0.3) is 5.09 Å². The van der Waals surface area contributed by atoms with Gasteiger partial charge in [0.2, 0.25) is 0 Å². The van der Waals surface area contributed by atoms with E-state index in [1.165, 1.54) is 0 Å². The predicted molar refractivity (Wildman–Crippen MR) is 84.8 cm³/mol. The van der Waals surface area contributed by atoms with Crippen molar-refractivity contribution in [2.45, 2.75) is 62.0 Å². The average Bonchev–Trinajstić information content (AvgIpc) is 3.24. The van der Waals surface area contributed by atoms with Gasteiger partial charge in [0, 0.05) is 5.75 Å². The molecule has 0 unspecified atom stereocenters. The van der Waals surface area contributed by atoms with Gasteiger partial charge in [0.1, 0.15) is 30.9 Å². The number of hydrogen-bond donors (Lipinski definition) is 2. The molecule has 6 atom stereocenters. The van der Waals surface area contributed by atoms with Gasteiger partial charge < -0.3 is 26.7 Å². The second kappa shape index (κ2) is 9.33. The number of primary amides is 1. The lowest BCUT2D eigenvalue weighted by molar-refractivity contribution is -0.769. The van der Waals surface area contributed by atoms with E-state index in [-0.39, 0.29) is 43.1 Å². The third-order valence-electron chi connectivity index (χ3n) is 4.66. The van der Waals surface area contributed by atoms with Gasteiger partial charge in [-0.05, 0) is 6.42 Å². The number of quaternary nitrogens is 1. The summed E-state index contributed by atoms with van der Waals surface area (Å²) in [6, 6.07) is -0.340. The van der Waals surface area contributed by atoms with Crippen molar-refractivity contribution >= 4 is 17.7 Å². The molecular weight excluding hydrogens is 374 g/mol. The molecule has 1 amide bonds. The fourth-order valence-corrected chi connectivity index (χ4v) is 4.70. The number of fused-ring (bicyclic) bond motifs is 1. The molecule has 11 heteroatoms. The van der Waals surface area contributed by atoms with E-state index in [0.29, 0.717) is 12.0 Å². The second-order valence-corrected chi connectivity index (χ2v) is 7.62. The summed E-state index contributed by atoms with van der Waals surface area (Å²) in [6.45, 7) is 2.60. The molecule has 0 radical (unpaired) electrons. The van der Waals surface area contributed by atoms with Gasteiger partial charge >= 0.3 is 5.91 Å². The molecule has 3 heterocycles. The molecule has 3 fully saturated rings. The van der Waals surface area contributed by atoms with Crippen LogP contribution in [0.4, 0.5) is 0 Å². The molecule has 25 heavy (non-hydrogen) atoms. The van der Waals surface area contributed by atoms with E-state index < -0.39 is 17.3 Å². The molecule has 0 saturated carbocycles. The van der Waals surface area contributed by atoms with E-state index in [1.807, 2.05) is 0 Å². The normalized spacial score (nSPS) is 36.7. The van der Waals surface area contributed by atoms with Gasteiger partial charge in [0.05, 0.1) is 12.0 Å². The van der Waals surface area contributed by atoms with E-state index in [4.69, 9.17) is 9.47 Å². The number of carbonyl (C=O) groups excluding carboxylic acids is 1. The molecule has 0 aromatic heterocycles. The summed E-state index contributed by atoms with van der Waals surface area (Å²) in [5.74, 6) is 0.831. The number of hydrogen-bond acceptors (Lipinski definition) is 8. The van der Waals surface area contributed by atoms with Crippen LogP contribution in [0.25, 0.3) is 0 Å². The third kappa shape index (κ3) is 4.95. The second-order valence-electron chi connectivity index (χ2n) is 6.38. The molecule has 3 aliphatic heterocycles. The fourth-order valence-electron chi connectivity index (χ4n) is 3.42. The Balaban J connectivity index is 0.00000225. The first-order valence-corrected chi connectivity index (χ1v) is 9.44. The number of nitrogens with two attached hydrogens (primary N) is 1. The monoisotopic (exact) mass is 397 g/mol. The molecule has 3 N–H and O–H groups in total. The lowest BCUT2D eigenvalue weighted by atomic mass is 10.1. The molecule has 3 rings (SSSR count). The molecule has 0 aromatic rings. The topological polar surface area (TPSA) is 117 Å². The van der Waals surface area contributed by atoms with Crippen molar-refractivity contribution in [3.05, 3.63) is 10.1 Å². The van der Waals surface area contributed by atoms with Crippen molar-refractivity contribution < 1.29 is 41.9 Å². The van der Waals surface area contributed by atoms with Crippen molar-refractivity contribution in [3.63, 3.8) is 0 Å². The lowest BCUT2D eigenvalue weighted by Gasteiger charge is -2.16. The summed E-state index contributed by atoms with van der Waals surface area (Å²) in [7, 11) is 0. The quantitative estimate of drug-likeness (QED) is 0.330. The first kappa shape index (κ1) is 20.7. The maximum Gasteiger partial charge on any atom is 0.328 e. The zero-order valence-corrected chi connectivity index (χ0v) is 15.5. The Hall–Kier alpha value is -0.650. The molecule has 9 nitrogen and oxygen atoms in total. The number of carbonyl (C=O) groups is 1. The van der Waals surface area contributed by atoms with Crippen LogP contribution in [0.3, 0.4) is 0 Å². The maximum absolute atomic E-state index is 12.5. The standard InChI is InChI=1S/C14H23N3O6S.ClH/c1-2-3-4-11-15-9(7-24-11)14(18)16-8-5-21-13-10(23-17(19)20)6-22-12(8)13;/h8-13,15H,2-7H2,1H3,(H,16,18);1H/t8-,9-,10-,11+,12+,13+;/m0./s1. The minimum Gasteiger partial charge on any atom is -1.00 e. The minimum absolute atomic E-state index is 0. The van der Waals surface area contributed by atoms with Crippen LogP contribution in [0.15, 0.2) is 0 Å². The highest BCUT2D eigenvalue weighted by Crippen LogP contribution is 2.28. The van der Waals surface area contributed by atoms with Gasteiger partial charge in [-0.1, -0.05) is 19.8 Å². The van der Waals surface area contributed by atoms with Crippen molar-refractivity contribution in [1.29, 1.82) is 0 Å². The molecule has 3 aliphatic rings. The van der Waals surface area contributed by atoms with Crippen LogP contribution in [0.5, 0.6) is 0 Å². The Bertz CT molecular complexity index is 487. The summed E-state index contributed by atoms with van der Waals surface area (Å²) >= 11 is 1.79. The number of unbranched alkanes of at least 4 members (excludes halogenated alkanes) is 1. The van der Waals surface area contributed by atoms with Crippen LogP contribution < -0.4 is 23.0 Å². The van der Waals surface area contributed by atoms with Crippen LogP contribution in [0, 0.1) is 10.1 Å². The lowest BCUT2D eigenvalue weighted by Crippen LogP contribution is -3.00. The van der Waals surface area contributed by atoms with Crippen molar-refractivity contribution in [2.75, 3.05) is 19.0 Å². The summed E-state index contributed by atoms with van der Waals surface area (Å²) in [6.07, 6.45) is 1.84. The van der Waals surface area contributed by atoms with E-state index in [2.05, 4.69) is 17.1 Å². The zero-order chi connectivity index (χ0) is 17.1. The zero-order valence-electron chi connectivity index (χ0n) is 14.0. The van der Waals surface area contributed by atoms with Gasteiger partial charge in [-0.2, -0.15) is 0 Å². The Morgan fingerprint density at radius 2 is 2.16 bits per heavy atom. The van der Waals surface area contributed by atoms with Gasteiger partial charge in [-0.25, -0.2) is 4.79 Å². The molecule has 0 aromatic carbocycles. The Kier molecular flexibility index (Phi) is 7.71. The molecule has 0 spiro atoms. The predicted octanol–water partition coefficient (Wildman–Crippen LogP) is -3.96. The van der Waals surface area contributed by atoms with Gasteiger partial charge in [-0.15, -0.1) is 21.9 Å². The van der Waals surface area contributed by atoms with Crippen LogP contribution in [0.1, 0.15) is 26.2 Å². The highest BCUT2D eigenvalue weighted by molar-refractivity contribution is 8.00. The van der Waals surface area contributed by atoms with Crippen LogP contribution in [-0.2, 0) is 19.1 Å². The van der Waals surface area contributed by atoms with Crippen molar-refractivity contribution in [1.82, 2.24) is 5.32 Å². The summed E-state index contributed by atoms with van der Waals surface area (Å²) in [5, 5.41) is 15.1. The molecule has 144 valence electrons. The Morgan fingerprint density at radius 1 is 1.40 bits per heavy atom. The average molecular weight is 398 g/mol. The Morgan fingerprint density at radius 3 is 2.88 bits per heavy atom. The number of ether oxygens (including phenoxy) is 2. The van der Waals surface area contributed by atoms with Crippen LogP contribution >= 0.6 is 11.8 Å². The molecular formula is C14H24ClN3O6S. The first-order chi connectivity index (χ1) is 11.6. The maximum atomic E-state index is 12.5. The number of amides is 1. The van der Waals surface area contributed by atoms with E-state index in [1.54, 1.807) is 17.1 Å². The third-order valence-corrected chi connectivity index (χ3v) is 5.96. The molecule has 0 bridgehead atoms. The summed E-state index contributed by atoms with van der Waals surface area (Å²) in [5.41, 5.74) is 0. The fraction of sp³-hybridized carbons (Fsp3) is 0.929. The van der Waals surface area contributed by atoms with Crippen molar-refractivity contribution in [3.8, 4) is 0 Å². The number of rotatable bonds is 7. The van der Waals surface area contributed by atoms with Crippen molar-refractivity contribution in [2.24, 2.45) is 0 Å². The highest BCUT2D eigenvalue weighted by Gasteiger charge is 2.52. The first-order valence-electron chi connectivity index (χ1n) is 8.39. The molecule has 0 aliphatic carbocycles. The number of nitrogens with one attached hydrogen (secondary N) is 1.